The fourth-order valence-electron chi connectivity index (χ4n) is 0.859. The highest BCUT2D eigenvalue weighted by Gasteiger charge is 1.89. The van der Waals surface area contributed by atoms with Crippen LogP contribution in [-0.4, -0.2) is 19.1 Å². The minimum atomic E-state index is 0.167. The Morgan fingerprint density at radius 1 is 1.08 bits per heavy atom. The van der Waals surface area contributed by atoms with Crippen LogP contribution in [0, 0.1) is 0 Å². The summed E-state index contributed by atoms with van der Waals surface area (Å²) in [4.78, 5) is 8.28. The summed E-state index contributed by atoms with van der Waals surface area (Å²) in [7, 11) is 0. The molecule has 0 amide bonds. The van der Waals surface area contributed by atoms with Gasteiger partial charge in [0.05, 0.1) is 6.61 Å². The highest BCUT2D eigenvalue weighted by molar-refractivity contribution is 5.75. The average molecular weight is 174 g/mol. The van der Waals surface area contributed by atoms with E-state index in [0.29, 0.717) is 13.2 Å². The lowest BCUT2D eigenvalue weighted by atomic mass is 10.2. The predicted octanol–water partition coefficient (Wildman–Crippen LogP) is -0.289. The first-order chi connectivity index (χ1) is 5.77. The van der Waals surface area contributed by atoms with Crippen molar-refractivity contribution in [2.24, 2.45) is 22.4 Å². The van der Waals surface area contributed by atoms with E-state index in [2.05, 4.69) is 9.83 Å². The van der Waals surface area contributed by atoms with E-state index in [9.17, 15) is 0 Å². The first-order valence-electron chi connectivity index (χ1n) is 4.14. The van der Waals surface area contributed by atoms with Crippen molar-refractivity contribution in [3.8, 4) is 0 Å². The third-order valence-corrected chi connectivity index (χ3v) is 1.46. The van der Waals surface area contributed by atoms with Gasteiger partial charge < -0.3 is 16.3 Å². The minimum Gasteiger partial charge on any atom is -0.370 e. The number of nitrogens with zero attached hydrogens (tertiary/aromatic N) is 1. The lowest BCUT2D eigenvalue weighted by molar-refractivity contribution is 0.133. The largest absolute Gasteiger partial charge is 0.370 e. The first-order valence-corrected chi connectivity index (χ1v) is 4.14. The monoisotopic (exact) mass is 174 g/mol. The van der Waals surface area contributed by atoms with Crippen molar-refractivity contribution in [3.63, 3.8) is 0 Å². The smallest absolute Gasteiger partial charge is 0.185 e. The maximum Gasteiger partial charge on any atom is 0.185 e. The van der Waals surface area contributed by atoms with Crippen LogP contribution in [0.5, 0.6) is 0 Å². The van der Waals surface area contributed by atoms with Gasteiger partial charge in [0, 0.05) is 6.54 Å². The molecule has 72 valence electrons. The molecule has 5 heteroatoms. The van der Waals surface area contributed by atoms with Crippen molar-refractivity contribution in [1.29, 1.82) is 0 Å². The number of rotatable bonds is 7. The summed E-state index contributed by atoms with van der Waals surface area (Å²) < 4.78 is 0. The lowest BCUT2D eigenvalue weighted by Crippen LogP contribution is -2.22. The standard InChI is InChI=1S/C7H18N4O/c8-7(9)11-5-3-1-2-4-6-12-10/h1-6,10H2,(H4,8,9,11). The fourth-order valence-corrected chi connectivity index (χ4v) is 0.859. The predicted molar refractivity (Wildman–Crippen MR) is 49.3 cm³/mol. The summed E-state index contributed by atoms with van der Waals surface area (Å²) in [5.41, 5.74) is 10.3. The highest BCUT2D eigenvalue weighted by Crippen LogP contribution is 1.99. The maximum atomic E-state index is 5.15. The van der Waals surface area contributed by atoms with E-state index >= 15 is 0 Å². The third-order valence-electron chi connectivity index (χ3n) is 1.46. The number of nitrogens with two attached hydrogens (primary N) is 3. The summed E-state index contributed by atoms with van der Waals surface area (Å²) in [6, 6.07) is 0. The molecule has 0 bridgehead atoms. The Balaban J connectivity index is 2.96. The van der Waals surface area contributed by atoms with Crippen molar-refractivity contribution in [1.82, 2.24) is 0 Å². The molecule has 0 aromatic rings. The van der Waals surface area contributed by atoms with Gasteiger partial charge in [0.25, 0.3) is 0 Å². The third kappa shape index (κ3) is 9.19. The van der Waals surface area contributed by atoms with E-state index in [4.69, 9.17) is 17.4 Å². The molecule has 0 aliphatic carbocycles. The Labute approximate surface area is 72.9 Å². The van der Waals surface area contributed by atoms with Crippen LogP contribution in [0.4, 0.5) is 0 Å². The van der Waals surface area contributed by atoms with Gasteiger partial charge >= 0.3 is 0 Å². The summed E-state index contributed by atoms with van der Waals surface area (Å²) in [5.74, 6) is 5.02. The maximum absolute atomic E-state index is 5.15. The molecule has 0 aliphatic heterocycles. The van der Waals surface area contributed by atoms with E-state index in [1.54, 1.807) is 0 Å². The van der Waals surface area contributed by atoms with Gasteiger partial charge in [-0.3, -0.25) is 4.99 Å². The van der Waals surface area contributed by atoms with Crippen LogP contribution in [0.25, 0.3) is 0 Å². The zero-order valence-electron chi connectivity index (χ0n) is 7.33. The number of unbranched alkanes of at least 4 members (excludes halogenated alkanes) is 3. The molecule has 0 fully saturated rings. The Kier molecular flexibility index (Phi) is 7.73. The van der Waals surface area contributed by atoms with Gasteiger partial charge in [-0.2, -0.15) is 0 Å². The number of hydrogen-bond acceptors (Lipinski definition) is 3. The SMILES string of the molecule is NOCCCCCCN=C(N)N. The second-order valence-corrected chi connectivity index (χ2v) is 2.59. The molecule has 0 heterocycles. The van der Waals surface area contributed by atoms with E-state index in [1.807, 2.05) is 0 Å². The molecule has 0 aromatic carbocycles. The molecule has 0 unspecified atom stereocenters. The molecule has 6 N–H and O–H groups in total. The molecule has 0 spiro atoms. The van der Waals surface area contributed by atoms with Crippen LogP contribution in [0.1, 0.15) is 25.7 Å². The van der Waals surface area contributed by atoms with Gasteiger partial charge in [-0.1, -0.05) is 12.8 Å². The molecule has 0 saturated carbocycles. The van der Waals surface area contributed by atoms with E-state index in [0.717, 1.165) is 25.7 Å². The molecular weight excluding hydrogens is 156 g/mol. The lowest BCUT2D eigenvalue weighted by Gasteiger charge is -1.98. The number of guanidine groups is 1. The molecule has 0 saturated heterocycles. The van der Waals surface area contributed by atoms with Crippen molar-refractivity contribution < 1.29 is 4.84 Å². The van der Waals surface area contributed by atoms with Crippen LogP contribution in [0.2, 0.25) is 0 Å². The normalized spacial score (nSPS) is 9.75. The fraction of sp³-hybridized carbons (Fsp3) is 0.857. The van der Waals surface area contributed by atoms with Crippen LogP contribution < -0.4 is 17.4 Å². The molecule has 0 atom stereocenters. The number of hydrogen-bond donors (Lipinski definition) is 3. The van der Waals surface area contributed by atoms with Crippen LogP contribution in [0.15, 0.2) is 4.99 Å². The van der Waals surface area contributed by atoms with Crippen molar-refractivity contribution in [3.05, 3.63) is 0 Å². The van der Waals surface area contributed by atoms with Gasteiger partial charge in [-0.25, -0.2) is 5.90 Å². The summed E-state index contributed by atoms with van der Waals surface area (Å²) >= 11 is 0. The zero-order chi connectivity index (χ0) is 9.23. The first kappa shape index (κ1) is 11.2. The summed E-state index contributed by atoms with van der Waals surface area (Å²) in [6.45, 7) is 1.34. The van der Waals surface area contributed by atoms with E-state index < -0.39 is 0 Å². The van der Waals surface area contributed by atoms with E-state index in [-0.39, 0.29) is 5.96 Å². The molecule has 5 nitrogen and oxygen atoms in total. The second kappa shape index (κ2) is 8.29. The van der Waals surface area contributed by atoms with Crippen molar-refractivity contribution in [2.45, 2.75) is 25.7 Å². The molecular formula is C7H18N4O. The van der Waals surface area contributed by atoms with Crippen LogP contribution >= 0.6 is 0 Å². The Bertz CT molecular complexity index is 123. The molecule has 0 radical (unpaired) electrons. The molecule has 0 aliphatic rings. The van der Waals surface area contributed by atoms with Gasteiger partial charge in [-0.15, -0.1) is 0 Å². The zero-order valence-corrected chi connectivity index (χ0v) is 7.33. The molecule has 0 aromatic heterocycles. The van der Waals surface area contributed by atoms with Crippen LogP contribution in [-0.2, 0) is 4.84 Å². The summed E-state index contributed by atoms with van der Waals surface area (Å²) in [6.07, 6.45) is 4.23. The Hall–Kier alpha value is -0.810. The van der Waals surface area contributed by atoms with Gasteiger partial charge in [0.1, 0.15) is 0 Å². The van der Waals surface area contributed by atoms with Crippen molar-refractivity contribution >= 4 is 5.96 Å². The van der Waals surface area contributed by atoms with E-state index in [1.165, 1.54) is 0 Å². The average Bonchev–Trinajstić information content (AvgIpc) is 2.02. The molecule has 12 heavy (non-hydrogen) atoms. The quantitative estimate of drug-likeness (QED) is 0.214. The van der Waals surface area contributed by atoms with Gasteiger partial charge in [-0.05, 0) is 12.8 Å². The van der Waals surface area contributed by atoms with Crippen LogP contribution in [0.3, 0.4) is 0 Å². The van der Waals surface area contributed by atoms with Crippen molar-refractivity contribution in [2.75, 3.05) is 13.2 Å². The number of aliphatic imine (C=N–C) groups is 1. The molecule has 0 rings (SSSR count). The second-order valence-electron chi connectivity index (χ2n) is 2.59. The van der Waals surface area contributed by atoms with Gasteiger partial charge in [0.2, 0.25) is 0 Å². The Morgan fingerprint density at radius 2 is 1.75 bits per heavy atom. The topological polar surface area (TPSA) is 99.6 Å². The summed E-state index contributed by atoms with van der Waals surface area (Å²) in [5, 5.41) is 0. The Morgan fingerprint density at radius 3 is 2.33 bits per heavy atom. The van der Waals surface area contributed by atoms with Gasteiger partial charge in [0.15, 0.2) is 5.96 Å². The minimum absolute atomic E-state index is 0.167. The highest BCUT2D eigenvalue weighted by atomic mass is 16.6.